The molecular formula is C23H32N2O4S. The highest BCUT2D eigenvalue weighted by molar-refractivity contribution is 7.92. The van der Waals surface area contributed by atoms with E-state index in [4.69, 9.17) is 4.74 Å². The van der Waals surface area contributed by atoms with E-state index in [-0.39, 0.29) is 24.9 Å². The zero-order valence-corrected chi connectivity index (χ0v) is 19.3. The highest BCUT2D eigenvalue weighted by Crippen LogP contribution is 2.22. The van der Waals surface area contributed by atoms with Crippen LogP contribution in [0.25, 0.3) is 0 Å². The normalized spacial score (nSPS) is 12.3. The summed E-state index contributed by atoms with van der Waals surface area (Å²) in [6.45, 7) is 8.46. The van der Waals surface area contributed by atoms with Crippen LogP contribution in [0.2, 0.25) is 0 Å². The Morgan fingerprint density at radius 2 is 1.77 bits per heavy atom. The number of benzene rings is 2. The summed E-state index contributed by atoms with van der Waals surface area (Å²) in [6.07, 6.45) is 1.86. The summed E-state index contributed by atoms with van der Waals surface area (Å²) in [5.41, 5.74) is 3.89. The Hall–Kier alpha value is -2.54. The highest BCUT2D eigenvalue weighted by atomic mass is 32.2. The summed E-state index contributed by atoms with van der Waals surface area (Å²) in [7, 11) is -3.43. The second-order valence-electron chi connectivity index (χ2n) is 7.75. The van der Waals surface area contributed by atoms with Crippen LogP contribution in [0.15, 0.2) is 42.5 Å². The second-order valence-corrected chi connectivity index (χ2v) is 9.66. The van der Waals surface area contributed by atoms with Crippen LogP contribution < -0.4 is 14.4 Å². The van der Waals surface area contributed by atoms with Crippen molar-refractivity contribution in [3.8, 4) is 5.75 Å². The Labute approximate surface area is 180 Å². The van der Waals surface area contributed by atoms with Crippen LogP contribution >= 0.6 is 0 Å². The number of nitrogens with one attached hydrogen (secondary N) is 1. The number of ether oxygens (including phenoxy) is 1. The molecule has 6 nitrogen and oxygen atoms in total. The fourth-order valence-electron chi connectivity index (χ4n) is 3.10. The smallest absolute Gasteiger partial charge is 0.232 e. The van der Waals surface area contributed by atoms with Gasteiger partial charge in [0.15, 0.2) is 0 Å². The van der Waals surface area contributed by atoms with Crippen molar-refractivity contribution in [3.63, 3.8) is 0 Å². The summed E-state index contributed by atoms with van der Waals surface area (Å²) in [4.78, 5) is 12.3. The zero-order chi connectivity index (χ0) is 22.3. The minimum Gasteiger partial charge on any atom is -0.491 e. The zero-order valence-electron chi connectivity index (χ0n) is 18.4. The first kappa shape index (κ1) is 23.7. The van der Waals surface area contributed by atoms with E-state index in [1.807, 2.05) is 64.1 Å². The van der Waals surface area contributed by atoms with Crippen LogP contribution in [0, 0.1) is 20.8 Å². The van der Waals surface area contributed by atoms with E-state index in [0.29, 0.717) is 18.7 Å². The van der Waals surface area contributed by atoms with Crippen LogP contribution in [0.4, 0.5) is 5.69 Å². The highest BCUT2D eigenvalue weighted by Gasteiger charge is 2.19. The van der Waals surface area contributed by atoms with Crippen LogP contribution in [0.1, 0.15) is 36.5 Å². The van der Waals surface area contributed by atoms with Gasteiger partial charge >= 0.3 is 0 Å². The van der Waals surface area contributed by atoms with Gasteiger partial charge in [0.1, 0.15) is 12.4 Å². The summed E-state index contributed by atoms with van der Waals surface area (Å²) < 4.78 is 31.5. The molecule has 2 aromatic carbocycles. The van der Waals surface area contributed by atoms with Gasteiger partial charge in [0, 0.05) is 13.0 Å². The van der Waals surface area contributed by atoms with E-state index in [1.165, 1.54) is 16.1 Å². The van der Waals surface area contributed by atoms with E-state index in [0.717, 1.165) is 16.9 Å². The molecule has 0 bridgehead atoms. The van der Waals surface area contributed by atoms with Gasteiger partial charge in [0.25, 0.3) is 0 Å². The van der Waals surface area contributed by atoms with Gasteiger partial charge in [-0.2, -0.15) is 0 Å². The van der Waals surface area contributed by atoms with Gasteiger partial charge in [0.05, 0.1) is 18.0 Å². The number of aryl methyl sites for hydroxylation is 3. The predicted molar refractivity (Wildman–Crippen MR) is 122 cm³/mol. The predicted octanol–water partition coefficient (Wildman–Crippen LogP) is 3.74. The third-order valence-corrected chi connectivity index (χ3v) is 6.12. The lowest BCUT2D eigenvalue weighted by molar-refractivity contribution is -0.121. The molecule has 0 aromatic heterocycles. The number of para-hydroxylation sites is 1. The molecule has 2 rings (SSSR count). The number of carbonyl (C=O) groups excluding carboxylic acids is 1. The molecule has 2 aromatic rings. The van der Waals surface area contributed by atoms with Gasteiger partial charge in [-0.25, -0.2) is 8.42 Å². The van der Waals surface area contributed by atoms with Gasteiger partial charge in [-0.3, -0.25) is 9.10 Å². The summed E-state index contributed by atoms with van der Waals surface area (Å²) >= 11 is 0. The maximum atomic E-state index is 12.3. The van der Waals surface area contributed by atoms with Crippen molar-refractivity contribution in [1.82, 2.24) is 5.32 Å². The number of sulfonamides is 1. The molecule has 164 valence electrons. The molecule has 1 amide bonds. The van der Waals surface area contributed by atoms with E-state index in [1.54, 1.807) is 6.07 Å². The van der Waals surface area contributed by atoms with Crippen molar-refractivity contribution < 1.29 is 17.9 Å². The molecule has 0 aliphatic heterocycles. The van der Waals surface area contributed by atoms with Crippen molar-refractivity contribution in [2.75, 3.05) is 23.7 Å². The molecule has 0 unspecified atom stereocenters. The third kappa shape index (κ3) is 7.06. The molecule has 7 heteroatoms. The topological polar surface area (TPSA) is 75.7 Å². The Bertz CT molecular complexity index is 973. The standard InChI is InChI=1S/C23H32N2O4S/c1-17-12-13-21(15-19(17)3)29-16-20(4)24-23(26)11-8-14-25(30(5,27)28)22-10-7-6-9-18(22)2/h6-7,9-10,12-13,15,20H,8,11,14,16H2,1-5H3,(H,24,26)/t20-/m1/s1. The van der Waals surface area contributed by atoms with Gasteiger partial charge in [-0.15, -0.1) is 0 Å². The number of rotatable bonds is 10. The molecule has 0 saturated heterocycles. The molecule has 30 heavy (non-hydrogen) atoms. The lowest BCUT2D eigenvalue weighted by atomic mass is 10.1. The van der Waals surface area contributed by atoms with E-state index in [2.05, 4.69) is 5.32 Å². The van der Waals surface area contributed by atoms with E-state index in [9.17, 15) is 13.2 Å². The number of hydrogen-bond donors (Lipinski definition) is 1. The Kier molecular flexibility index (Phi) is 8.29. The molecule has 0 spiro atoms. The molecule has 1 atom stereocenters. The van der Waals surface area contributed by atoms with Crippen LogP contribution in [0.5, 0.6) is 5.75 Å². The molecule has 0 heterocycles. The van der Waals surface area contributed by atoms with E-state index >= 15 is 0 Å². The van der Waals surface area contributed by atoms with Gasteiger partial charge in [-0.1, -0.05) is 24.3 Å². The maximum Gasteiger partial charge on any atom is 0.232 e. The largest absolute Gasteiger partial charge is 0.491 e. The van der Waals surface area contributed by atoms with Crippen LogP contribution in [-0.4, -0.2) is 39.8 Å². The molecule has 0 saturated carbocycles. The molecular weight excluding hydrogens is 400 g/mol. The second kappa shape index (κ2) is 10.5. The fraction of sp³-hybridized carbons (Fsp3) is 0.435. The molecule has 0 fully saturated rings. The average molecular weight is 433 g/mol. The van der Waals surface area contributed by atoms with Crippen molar-refractivity contribution in [2.45, 2.75) is 46.6 Å². The summed E-state index contributed by atoms with van der Waals surface area (Å²) in [5, 5.41) is 2.91. The van der Waals surface area contributed by atoms with E-state index < -0.39 is 10.0 Å². The third-order valence-electron chi connectivity index (χ3n) is 4.94. The molecule has 1 N–H and O–H groups in total. The summed E-state index contributed by atoms with van der Waals surface area (Å²) in [6, 6.07) is 13.1. The minimum atomic E-state index is -3.43. The summed E-state index contributed by atoms with van der Waals surface area (Å²) in [5.74, 6) is 0.658. The Balaban J connectivity index is 1.82. The average Bonchev–Trinajstić information content (AvgIpc) is 2.66. The van der Waals surface area contributed by atoms with Crippen molar-refractivity contribution in [3.05, 3.63) is 59.2 Å². The lowest BCUT2D eigenvalue weighted by Crippen LogP contribution is -2.37. The maximum absolute atomic E-state index is 12.3. The number of nitrogens with zero attached hydrogens (tertiary/aromatic N) is 1. The Morgan fingerprint density at radius 1 is 1.07 bits per heavy atom. The molecule has 0 aliphatic rings. The fourth-order valence-corrected chi connectivity index (χ4v) is 4.13. The quantitative estimate of drug-likeness (QED) is 0.621. The number of carbonyl (C=O) groups is 1. The first-order valence-corrected chi connectivity index (χ1v) is 12.0. The van der Waals surface area contributed by atoms with Crippen LogP contribution in [0.3, 0.4) is 0 Å². The number of amides is 1. The van der Waals surface area contributed by atoms with Gasteiger partial charge < -0.3 is 10.1 Å². The minimum absolute atomic E-state index is 0.121. The molecule has 0 aliphatic carbocycles. The number of hydrogen-bond acceptors (Lipinski definition) is 4. The van der Waals surface area contributed by atoms with Crippen molar-refractivity contribution >= 4 is 21.6 Å². The van der Waals surface area contributed by atoms with Crippen molar-refractivity contribution in [1.29, 1.82) is 0 Å². The first-order chi connectivity index (χ1) is 14.1. The van der Waals surface area contributed by atoms with Crippen molar-refractivity contribution in [2.24, 2.45) is 0 Å². The van der Waals surface area contributed by atoms with Crippen LogP contribution in [-0.2, 0) is 14.8 Å². The number of anilines is 1. The SMILES string of the molecule is Cc1ccc(OC[C@@H](C)NC(=O)CCCN(c2ccccc2C)S(C)(=O)=O)cc1C. The Morgan fingerprint density at radius 3 is 2.40 bits per heavy atom. The molecule has 0 radical (unpaired) electrons. The lowest BCUT2D eigenvalue weighted by Gasteiger charge is -2.24. The van der Waals surface area contributed by atoms with Gasteiger partial charge in [0.2, 0.25) is 15.9 Å². The monoisotopic (exact) mass is 432 g/mol. The first-order valence-electron chi connectivity index (χ1n) is 10.1. The van der Waals surface area contributed by atoms with Gasteiger partial charge in [-0.05, 0) is 69.0 Å².